The standard InChI is InChI=1S/C9H15N3O3/c10-7(13)6-5-15-4-3-12(6)8(14)9(11)1-2-9/h6H,1-5,11H2,(H2,10,13). The van der Waals surface area contributed by atoms with E-state index in [1.54, 1.807) is 0 Å². The SMILES string of the molecule is NC(=O)C1COCCN1C(=O)C1(N)CC1. The molecule has 0 bridgehead atoms. The summed E-state index contributed by atoms with van der Waals surface area (Å²) in [6, 6.07) is -0.660. The van der Waals surface area contributed by atoms with E-state index in [0.717, 1.165) is 0 Å². The average molecular weight is 213 g/mol. The first-order valence-electron chi connectivity index (χ1n) is 5.02. The largest absolute Gasteiger partial charge is 0.377 e. The second kappa shape index (κ2) is 3.46. The molecule has 1 unspecified atom stereocenters. The van der Waals surface area contributed by atoms with Crippen molar-refractivity contribution in [1.82, 2.24) is 4.90 Å². The number of carbonyl (C=O) groups is 2. The molecule has 6 heteroatoms. The molecule has 0 aromatic heterocycles. The molecular weight excluding hydrogens is 198 g/mol. The van der Waals surface area contributed by atoms with Gasteiger partial charge in [-0.15, -0.1) is 0 Å². The zero-order valence-corrected chi connectivity index (χ0v) is 8.44. The van der Waals surface area contributed by atoms with Gasteiger partial charge in [-0.05, 0) is 12.8 Å². The van der Waals surface area contributed by atoms with E-state index < -0.39 is 17.5 Å². The first kappa shape index (κ1) is 10.4. The Kier molecular flexibility index (Phi) is 2.40. The summed E-state index contributed by atoms with van der Waals surface area (Å²) >= 11 is 0. The van der Waals surface area contributed by atoms with Crippen LogP contribution in [0, 0.1) is 0 Å². The summed E-state index contributed by atoms with van der Waals surface area (Å²) in [5.41, 5.74) is 10.3. The maximum absolute atomic E-state index is 11.9. The van der Waals surface area contributed by atoms with Crippen LogP contribution >= 0.6 is 0 Å². The van der Waals surface area contributed by atoms with Crippen LogP contribution in [0.1, 0.15) is 12.8 Å². The van der Waals surface area contributed by atoms with Crippen LogP contribution in [-0.4, -0.2) is 48.1 Å². The Balaban J connectivity index is 2.10. The maximum atomic E-state index is 11.9. The summed E-state index contributed by atoms with van der Waals surface area (Å²) in [5.74, 6) is -0.707. The third-order valence-corrected chi connectivity index (χ3v) is 2.93. The summed E-state index contributed by atoms with van der Waals surface area (Å²) in [6.45, 7) is 1.01. The molecule has 2 rings (SSSR count). The van der Waals surface area contributed by atoms with Crippen LogP contribution < -0.4 is 11.5 Å². The Hall–Kier alpha value is -1.14. The van der Waals surface area contributed by atoms with Crippen LogP contribution in [0.5, 0.6) is 0 Å². The number of primary amides is 1. The van der Waals surface area contributed by atoms with Crippen LogP contribution in [0.15, 0.2) is 0 Å². The highest BCUT2D eigenvalue weighted by Gasteiger charge is 2.50. The number of carbonyl (C=O) groups excluding carboxylic acids is 2. The summed E-state index contributed by atoms with van der Waals surface area (Å²) in [7, 11) is 0. The molecule has 0 aromatic rings. The number of hydrogen-bond donors (Lipinski definition) is 2. The van der Waals surface area contributed by atoms with Gasteiger partial charge in [0, 0.05) is 6.54 Å². The number of rotatable bonds is 2. The van der Waals surface area contributed by atoms with Crippen molar-refractivity contribution in [3.8, 4) is 0 Å². The Bertz CT molecular complexity index is 301. The smallest absolute Gasteiger partial charge is 0.243 e. The van der Waals surface area contributed by atoms with Crippen LogP contribution in [-0.2, 0) is 14.3 Å². The van der Waals surface area contributed by atoms with Crippen LogP contribution in [0.2, 0.25) is 0 Å². The lowest BCUT2D eigenvalue weighted by Crippen LogP contribution is -2.59. The molecule has 0 aromatic carbocycles. The van der Waals surface area contributed by atoms with E-state index in [2.05, 4.69) is 0 Å². The lowest BCUT2D eigenvalue weighted by Gasteiger charge is -2.35. The summed E-state index contributed by atoms with van der Waals surface area (Å²) in [5, 5.41) is 0. The minimum Gasteiger partial charge on any atom is -0.377 e. The van der Waals surface area contributed by atoms with Gasteiger partial charge in [0.15, 0.2) is 0 Å². The highest BCUT2D eigenvalue weighted by Crippen LogP contribution is 2.34. The molecule has 2 amide bonds. The number of amides is 2. The van der Waals surface area contributed by atoms with Crippen molar-refractivity contribution >= 4 is 11.8 Å². The lowest BCUT2D eigenvalue weighted by molar-refractivity contribution is -0.148. The van der Waals surface area contributed by atoms with Gasteiger partial charge in [-0.2, -0.15) is 0 Å². The number of nitrogens with zero attached hydrogens (tertiary/aromatic N) is 1. The Morgan fingerprint density at radius 1 is 1.40 bits per heavy atom. The molecule has 1 atom stereocenters. The molecule has 4 N–H and O–H groups in total. The van der Waals surface area contributed by atoms with E-state index in [0.29, 0.717) is 26.0 Å². The molecule has 0 spiro atoms. The van der Waals surface area contributed by atoms with Gasteiger partial charge in [0.05, 0.1) is 18.8 Å². The molecule has 2 fully saturated rings. The van der Waals surface area contributed by atoms with E-state index in [-0.39, 0.29) is 12.5 Å². The van der Waals surface area contributed by atoms with Crippen LogP contribution in [0.3, 0.4) is 0 Å². The highest BCUT2D eigenvalue weighted by atomic mass is 16.5. The van der Waals surface area contributed by atoms with Crippen molar-refractivity contribution in [2.24, 2.45) is 11.5 Å². The van der Waals surface area contributed by atoms with Crippen LogP contribution in [0.25, 0.3) is 0 Å². The van der Waals surface area contributed by atoms with Gasteiger partial charge >= 0.3 is 0 Å². The highest BCUT2D eigenvalue weighted by molar-refractivity contribution is 5.93. The molecule has 84 valence electrons. The molecule has 1 saturated carbocycles. The van der Waals surface area contributed by atoms with E-state index in [9.17, 15) is 9.59 Å². The van der Waals surface area contributed by atoms with Gasteiger partial charge in [-0.25, -0.2) is 0 Å². The zero-order chi connectivity index (χ0) is 11.1. The molecule has 6 nitrogen and oxygen atoms in total. The lowest BCUT2D eigenvalue weighted by atomic mass is 10.1. The molecule has 0 radical (unpaired) electrons. The van der Waals surface area contributed by atoms with Gasteiger partial charge in [0.2, 0.25) is 11.8 Å². The fraction of sp³-hybridized carbons (Fsp3) is 0.778. The molecule has 1 heterocycles. The minimum absolute atomic E-state index is 0.172. The Morgan fingerprint density at radius 3 is 2.60 bits per heavy atom. The third-order valence-electron chi connectivity index (χ3n) is 2.93. The van der Waals surface area contributed by atoms with Gasteiger partial charge in [-0.1, -0.05) is 0 Å². The van der Waals surface area contributed by atoms with Crippen LogP contribution in [0.4, 0.5) is 0 Å². The van der Waals surface area contributed by atoms with E-state index in [1.165, 1.54) is 4.90 Å². The number of nitrogens with two attached hydrogens (primary N) is 2. The van der Waals surface area contributed by atoms with Crippen molar-refractivity contribution in [3.05, 3.63) is 0 Å². The molecule has 1 aliphatic carbocycles. The molecule has 1 saturated heterocycles. The predicted octanol–water partition coefficient (Wildman–Crippen LogP) is -1.81. The minimum atomic E-state index is -0.745. The molecule has 15 heavy (non-hydrogen) atoms. The maximum Gasteiger partial charge on any atom is 0.243 e. The van der Waals surface area contributed by atoms with Gasteiger partial charge < -0.3 is 21.1 Å². The van der Waals surface area contributed by atoms with Crippen molar-refractivity contribution in [3.63, 3.8) is 0 Å². The van der Waals surface area contributed by atoms with Gasteiger partial charge in [-0.3, -0.25) is 9.59 Å². The Labute approximate surface area is 87.5 Å². The van der Waals surface area contributed by atoms with Crippen molar-refractivity contribution in [2.45, 2.75) is 24.4 Å². The topological polar surface area (TPSA) is 98.7 Å². The van der Waals surface area contributed by atoms with Crippen molar-refractivity contribution in [2.75, 3.05) is 19.8 Å². The molecule has 1 aliphatic heterocycles. The van der Waals surface area contributed by atoms with Crippen molar-refractivity contribution in [1.29, 1.82) is 0 Å². The zero-order valence-electron chi connectivity index (χ0n) is 8.44. The normalized spacial score (nSPS) is 28.6. The summed E-state index contributed by atoms with van der Waals surface area (Å²) in [6.07, 6.45) is 1.38. The predicted molar refractivity (Wildman–Crippen MR) is 51.7 cm³/mol. The fourth-order valence-corrected chi connectivity index (χ4v) is 1.72. The average Bonchev–Trinajstić information content (AvgIpc) is 2.96. The first-order chi connectivity index (χ1) is 7.04. The van der Waals surface area contributed by atoms with Gasteiger partial charge in [0.25, 0.3) is 0 Å². The second-order valence-electron chi connectivity index (χ2n) is 4.15. The summed E-state index contributed by atoms with van der Waals surface area (Å²) in [4.78, 5) is 24.5. The van der Waals surface area contributed by atoms with Gasteiger partial charge in [0.1, 0.15) is 6.04 Å². The monoisotopic (exact) mass is 213 g/mol. The van der Waals surface area contributed by atoms with E-state index >= 15 is 0 Å². The number of morpholine rings is 1. The second-order valence-corrected chi connectivity index (χ2v) is 4.15. The quantitative estimate of drug-likeness (QED) is 0.564. The Morgan fingerprint density at radius 2 is 2.07 bits per heavy atom. The summed E-state index contributed by atoms with van der Waals surface area (Å²) < 4.78 is 5.12. The molecule has 2 aliphatic rings. The molecular formula is C9H15N3O3. The fourth-order valence-electron chi connectivity index (χ4n) is 1.72. The van der Waals surface area contributed by atoms with Crippen molar-refractivity contribution < 1.29 is 14.3 Å². The number of ether oxygens (including phenoxy) is 1. The third kappa shape index (κ3) is 1.82. The van der Waals surface area contributed by atoms with E-state index in [1.807, 2.05) is 0 Å². The number of hydrogen-bond acceptors (Lipinski definition) is 4. The first-order valence-corrected chi connectivity index (χ1v) is 5.02. The van der Waals surface area contributed by atoms with E-state index in [4.69, 9.17) is 16.2 Å².